The molecular weight excluding hydrogens is 420 g/mol. The normalized spacial score (nSPS) is 13.2. The third kappa shape index (κ3) is 8.30. The summed E-state index contributed by atoms with van der Waals surface area (Å²) < 4.78 is 16.6. The van der Waals surface area contributed by atoms with Crippen molar-refractivity contribution in [2.75, 3.05) is 19.8 Å². The first-order valence-electron chi connectivity index (χ1n) is 11.4. The van der Waals surface area contributed by atoms with E-state index in [0.717, 1.165) is 16.7 Å². The number of esters is 2. The third-order valence-corrected chi connectivity index (χ3v) is 5.63. The number of aliphatic hydroxyl groups is 1. The molecule has 6 heteroatoms. The summed E-state index contributed by atoms with van der Waals surface area (Å²) in [6.45, 7) is 7.92. The Hall–Kier alpha value is -2.70. The van der Waals surface area contributed by atoms with Gasteiger partial charge >= 0.3 is 11.9 Å². The number of rotatable bonds is 13. The predicted octanol–water partition coefficient (Wildman–Crippen LogP) is 4.36. The Morgan fingerprint density at radius 3 is 2.30 bits per heavy atom. The number of benzene rings is 2. The van der Waals surface area contributed by atoms with Gasteiger partial charge in [0.05, 0.1) is 24.2 Å². The van der Waals surface area contributed by atoms with Gasteiger partial charge in [-0.2, -0.15) is 0 Å². The van der Waals surface area contributed by atoms with Gasteiger partial charge in [-0.05, 0) is 57.2 Å². The second kappa shape index (κ2) is 12.5. The van der Waals surface area contributed by atoms with Crippen molar-refractivity contribution in [2.45, 2.75) is 64.6 Å². The topological polar surface area (TPSA) is 82.1 Å². The molecular formula is C27H36O6. The van der Waals surface area contributed by atoms with Crippen LogP contribution in [0, 0.1) is 0 Å². The minimum atomic E-state index is -0.958. The van der Waals surface area contributed by atoms with E-state index in [4.69, 9.17) is 14.2 Å². The molecule has 1 N–H and O–H groups in total. The van der Waals surface area contributed by atoms with E-state index in [1.54, 1.807) is 20.8 Å². The molecule has 0 amide bonds. The molecule has 0 aliphatic carbocycles. The summed E-state index contributed by atoms with van der Waals surface area (Å²) in [5, 5.41) is 9.48. The zero-order valence-electron chi connectivity index (χ0n) is 20.1. The Morgan fingerprint density at radius 2 is 1.64 bits per heavy atom. The van der Waals surface area contributed by atoms with Gasteiger partial charge in [0.25, 0.3) is 0 Å². The van der Waals surface area contributed by atoms with E-state index < -0.39 is 11.0 Å². The quantitative estimate of drug-likeness (QED) is 0.451. The second-order valence-electron chi connectivity index (χ2n) is 8.92. The van der Waals surface area contributed by atoms with Crippen LogP contribution in [-0.4, -0.2) is 42.5 Å². The first kappa shape index (κ1) is 26.6. The van der Waals surface area contributed by atoms with Crippen molar-refractivity contribution < 1.29 is 28.9 Å². The summed E-state index contributed by atoms with van der Waals surface area (Å²) in [5.41, 5.74) is 0.997. The molecule has 0 aliphatic heterocycles. The highest BCUT2D eigenvalue weighted by molar-refractivity contribution is 5.83. The highest BCUT2D eigenvalue weighted by Crippen LogP contribution is 2.31. The fourth-order valence-electron chi connectivity index (χ4n) is 3.37. The molecule has 2 rings (SSSR count). The van der Waals surface area contributed by atoms with Crippen molar-refractivity contribution in [2.24, 2.45) is 0 Å². The zero-order valence-corrected chi connectivity index (χ0v) is 20.1. The number of aryl methyl sites for hydroxylation is 1. The largest absolute Gasteiger partial charge is 0.466 e. The lowest BCUT2D eigenvalue weighted by Gasteiger charge is -2.30. The van der Waals surface area contributed by atoms with E-state index >= 15 is 0 Å². The maximum Gasteiger partial charge on any atom is 0.316 e. The van der Waals surface area contributed by atoms with Crippen LogP contribution in [0.5, 0.6) is 0 Å². The van der Waals surface area contributed by atoms with Crippen LogP contribution in [0.1, 0.15) is 57.2 Å². The highest BCUT2D eigenvalue weighted by atomic mass is 16.5. The van der Waals surface area contributed by atoms with Crippen molar-refractivity contribution in [3.63, 3.8) is 0 Å². The van der Waals surface area contributed by atoms with E-state index in [1.165, 1.54) is 0 Å². The van der Waals surface area contributed by atoms with Crippen LogP contribution in [0.3, 0.4) is 0 Å². The summed E-state index contributed by atoms with van der Waals surface area (Å²) in [6, 6.07) is 17.2. The lowest BCUT2D eigenvalue weighted by Crippen LogP contribution is -2.38. The highest BCUT2D eigenvalue weighted by Gasteiger charge is 2.37. The van der Waals surface area contributed by atoms with Crippen molar-refractivity contribution in [3.8, 4) is 0 Å². The van der Waals surface area contributed by atoms with E-state index in [1.807, 2.05) is 61.5 Å². The molecule has 1 atom stereocenters. The Labute approximate surface area is 196 Å². The van der Waals surface area contributed by atoms with E-state index in [9.17, 15) is 14.7 Å². The van der Waals surface area contributed by atoms with Gasteiger partial charge in [0.15, 0.2) is 0 Å². The Balaban J connectivity index is 2.20. The van der Waals surface area contributed by atoms with Gasteiger partial charge in [0, 0.05) is 13.0 Å². The van der Waals surface area contributed by atoms with Crippen molar-refractivity contribution in [1.29, 1.82) is 0 Å². The number of carbonyl (C=O) groups is 2. The van der Waals surface area contributed by atoms with Crippen LogP contribution in [0.15, 0.2) is 54.6 Å². The van der Waals surface area contributed by atoms with Crippen molar-refractivity contribution in [1.82, 2.24) is 0 Å². The molecule has 0 heterocycles. The predicted molar refractivity (Wildman–Crippen MR) is 127 cm³/mol. The molecule has 0 radical (unpaired) electrons. The molecule has 0 fully saturated rings. The van der Waals surface area contributed by atoms with Crippen LogP contribution >= 0.6 is 0 Å². The summed E-state index contributed by atoms with van der Waals surface area (Å²) in [5.74, 6) is -0.591. The number of ether oxygens (including phenoxy) is 3. The minimum absolute atomic E-state index is 0.120. The third-order valence-electron chi connectivity index (χ3n) is 5.63. The summed E-state index contributed by atoms with van der Waals surface area (Å²) in [6.07, 6.45) is 1.18. The molecule has 33 heavy (non-hydrogen) atoms. The molecule has 0 spiro atoms. The van der Waals surface area contributed by atoms with Gasteiger partial charge in [-0.15, -0.1) is 0 Å². The molecule has 180 valence electrons. The van der Waals surface area contributed by atoms with Gasteiger partial charge in [-0.3, -0.25) is 9.59 Å². The summed E-state index contributed by atoms with van der Waals surface area (Å²) >= 11 is 0. The molecule has 0 aromatic heterocycles. The monoisotopic (exact) mass is 456 g/mol. The molecule has 6 nitrogen and oxygen atoms in total. The lowest BCUT2D eigenvalue weighted by atomic mass is 9.79. The number of hydrogen-bond acceptors (Lipinski definition) is 6. The van der Waals surface area contributed by atoms with Gasteiger partial charge in [-0.1, -0.05) is 54.6 Å². The molecule has 0 bridgehead atoms. The van der Waals surface area contributed by atoms with Gasteiger partial charge in [-0.25, -0.2) is 0 Å². The molecule has 2 aromatic carbocycles. The van der Waals surface area contributed by atoms with Crippen LogP contribution in [-0.2, 0) is 42.2 Å². The Bertz CT molecular complexity index is 892. The summed E-state index contributed by atoms with van der Waals surface area (Å²) in [4.78, 5) is 25.1. The fraction of sp³-hybridized carbons (Fsp3) is 0.481. The van der Waals surface area contributed by atoms with Crippen molar-refractivity contribution in [3.05, 3.63) is 71.3 Å². The Morgan fingerprint density at radius 1 is 0.939 bits per heavy atom. The zero-order chi connectivity index (χ0) is 24.3. The number of hydrogen-bond donors (Lipinski definition) is 1. The Kier molecular flexibility index (Phi) is 10.1. The lowest BCUT2D eigenvalue weighted by molar-refractivity contribution is -0.153. The van der Waals surface area contributed by atoms with Crippen LogP contribution < -0.4 is 0 Å². The molecule has 0 saturated heterocycles. The van der Waals surface area contributed by atoms with E-state index in [0.29, 0.717) is 19.4 Å². The average Bonchev–Trinajstić information content (AvgIpc) is 2.82. The molecule has 0 saturated carbocycles. The minimum Gasteiger partial charge on any atom is -0.466 e. The maximum absolute atomic E-state index is 13.3. The van der Waals surface area contributed by atoms with Crippen LogP contribution in [0.4, 0.5) is 0 Å². The molecule has 1 unspecified atom stereocenters. The summed E-state index contributed by atoms with van der Waals surface area (Å²) in [7, 11) is 0. The maximum atomic E-state index is 13.3. The smallest absolute Gasteiger partial charge is 0.316 e. The molecule has 2 aromatic rings. The van der Waals surface area contributed by atoms with Crippen LogP contribution in [0.25, 0.3) is 0 Å². The first-order chi connectivity index (χ1) is 15.7. The SMILES string of the molecule is CCOC(=O)CCc1cccc(C(C)(CCOC(C)(C)CO)C(=O)OCc2ccccc2)c1. The first-order valence-corrected chi connectivity index (χ1v) is 11.4. The van der Waals surface area contributed by atoms with Gasteiger partial charge < -0.3 is 19.3 Å². The van der Waals surface area contributed by atoms with E-state index in [2.05, 4.69) is 0 Å². The van der Waals surface area contributed by atoms with Gasteiger partial charge in [0.1, 0.15) is 6.61 Å². The average molecular weight is 457 g/mol. The standard InChI is InChI=1S/C27H36O6/c1-5-31-24(29)15-14-21-12-9-13-23(18-21)27(4,16-17-33-26(2,3)20-28)25(30)32-19-22-10-7-6-8-11-22/h6-13,18,28H,5,14-17,19-20H2,1-4H3. The molecule has 0 aliphatic rings. The number of aliphatic hydroxyl groups excluding tert-OH is 1. The second-order valence-corrected chi connectivity index (χ2v) is 8.92. The number of carbonyl (C=O) groups excluding carboxylic acids is 2. The van der Waals surface area contributed by atoms with Gasteiger partial charge in [0.2, 0.25) is 0 Å². The van der Waals surface area contributed by atoms with E-state index in [-0.39, 0.29) is 38.2 Å². The van der Waals surface area contributed by atoms with Crippen molar-refractivity contribution >= 4 is 11.9 Å². The fourth-order valence-corrected chi connectivity index (χ4v) is 3.37. The van der Waals surface area contributed by atoms with Crippen LogP contribution in [0.2, 0.25) is 0 Å².